The zero-order valence-corrected chi connectivity index (χ0v) is 12.3. The van der Waals surface area contributed by atoms with Gasteiger partial charge in [0, 0.05) is 17.1 Å². The van der Waals surface area contributed by atoms with Crippen molar-refractivity contribution in [2.75, 3.05) is 6.54 Å². The lowest BCUT2D eigenvalue weighted by atomic mass is 9.81. The summed E-state index contributed by atoms with van der Waals surface area (Å²) < 4.78 is 0. The van der Waals surface area contributed by atoms with Crippen LogP contribution in [0.25, 0.3) is 0 Å². The van der Waals surface area contributed by atoms with Gasteiger partial charge in [-0.3, -0.25) is 0 Å². The van der Waals surface area contributed by atoms with Crippen LogP contribution in [0, 0.1) is 0 Å². The maximum atomic E-state index is 2.67. The molecule has 1 saturated heterocycles. The fourth-order valence-corrected chi connectivity index (χ4v) is 2.56. The predicted molar refractivity (Wildman–Crippen MR) is 73.9 cm³/mol. The van der Waals surface area contributed by atoms with Gasteiger partial charge in [0.2, 0.25) is 0 Å². The summed E-state index contributed by atoms with van der Waals surface area (Å²) in [6, 6.07) is 0.763. The standard InChI is InChI=1S/C13H29BN2/c1-8-11-9-10-15(12(2,3)4)14-16(11)13(5,6)7/h11,14H,8-10H2,1-7H3. The highest BCUT2D eigenvalue weighted by molar-refractivity contribution is 6.29. The molecule has 3 heteroatoms. The molecule has 0 aromatic rings. The summed E-state index contributed by atoms with van der Waals surface area (Å²) in [6.45, 7) is 17.5. The fraction of sp³-hybridized carbons (Fsp3) is 1.00. The highest BCUT2D eigenvalue weighted by Crippen LogP contribution is 2.27. The molecule has 0 bridgehead atoms. The van der Waals surface area contributed by atoms with E-state index in [1.807, 2.05) is 0 Å². The van der Waals surface area contributed by atoms with Gasteiger partial charge in [0.15, 0.2) is 0 Å². The first-order valence-electron chi connectivity index (χ1n) is 6.68. The first-order chi connectivity index (χ1) is 7.16. The Morgan fingerprint density at radius 3 is 2.00 bits per heavy atom. The minimum Gasteiger partial charge on any atom is -0.326 e. The quantitative estimate of drug-likeness (QED) is 0.632. The molecule has 0 aliphatic carbocycles. The van der Waals surface area contributed by atoms with Gasteiger partial charge in [0.05, 0.1) is 0 Å². The summed E-state index contributed by atoms with van der Waals surface area (Å²) in [5.41, 5.74) is 0.576. The molecule has 0 spiro atoms. The minimum atomic E-state index is 0.282. The summed E-state index contributed by atoms with van der Waals surface area (Å²) in [6.07, 6.45) is 2.58. The third kappa shape index (κ3) is 3.24. The maximum absolute atomic E-state index is 2.67. The highest BCUT2D eigenvalue weighted by Gasteiger charge is 2.37. The number of rotatable bonds is 1. The van der Waals surface area contributed by atoms with E-state index in [4.69, 9.17) is 0 Å². The van der Waals surface area contributed by atoms with Crippen LogP contribution in [-0.2, 0) is 0 Å². The van der Waals surface area contributed by atoms with E-state index in [2.05, 4.69) is 58.1 Å². The minimum absolute atomic E-state index is 0.282. The van der Waals surface area contributed by atoms with Crippen LogP contribution in [0.3, 0.4) is 0 Å². The molecule has 0 amide bonds. The van der Waals surface area contributed by atoms with Gasteiger partial charge in [-0.25, -0.2) is 0 Å². The van der Waals surface area contributed by atoms with Gasteiger partial charge in [0.1, 0.15) is 0 Å². The van der Waals surface area contributed by atoms with E-state index in [0.717, 1.165) is 13.6 Å². The SMILES string of the molecule is CCC1CCN(C(C)(C)C)BN1C(C)(C)C. The van der Waals surface area contributed by atoms with Crippen molar-refractivity contribution >= 4 is 7.55 Å². The Kier molecular flexibility index (Phi) is 4.12. The van der Waals surface area contributed by atoms with Crippen LogP contribution in [-0.4, -0.2) is 40.8 Å². The monoisotopic (exact) mass is 224 g/mol. The molecule has 94 valence electrons. The van der Waals surface area contributed by atoms with E-state index in [0.29, 0.717) is 5.54 Å². The number of hydrogen-bond donors (Lipinski definition) is 0. The van der Waals surface area contributed by atoms with E-state index >= 15 is 0 Å². The molecule has 2 nitrogen and oxygen atoms in total. The summed E-state index contributed by atoms with van der Waals surface area (Å²) in [5.74, 6) is 0. The summed E-state index contributed by atoms with van der Waals surface area (Å²) in [4.78, 5) is 5.27. The van der Waals surface area contributed by atoms with Gasteiger partial charge >= 0.3 is 0 Å². The van der Waals surface area contributed by atoms with Gasteiger partial charge in [-0.05, 0) is 60.9 Å². The second-order valence-corrected chi connectivity index (χ2v) is 7.07. The van der Waals surface area contributed by atoms with Crippen molar-refractivity contribution in [2.45, 2.75) is 78.4 Å². The van der Waals surface area contributed by atoms with Crippen molar-refractivity contribution < 1.29 is 0 Å². The molecule has 1 fully saturated rings. The Bertz CT molecular complexity index is 227. The number of nitrogens with zero attached hydrogens (tertiary/aromatic N) is 2. The van der Waals surface area contributed by atoms with Gasteiger partial charge in [-0.1, -0.05) is 6.92 Å². The van der Waals surface area contributed by atoms with Gasteiger partial charge in [-0.2, -0.15) is 0 Å². The third-order valence-corrected chi connectivity index (χ3v) is 3.78. The third-order valence-electron chi connectivity index (χ3n) is 3.78. The van der Waals surface area contributed by atoms with Gasteiger partial charge in [0.25, 0.3) is 7.55 Å². The molecule has 1 heterocycles. The van der Waals surface area contributed by atoms with Crippen molar-refractivity contribution in [1.29, 1.82) is 0 Å². The Labute approximate surface area is 103 Å². The van der Waals surface area contributed by atoms with Crippen LogP contribution >= 0.6 is 0 Å². The number of hydrogen-bond acceptors (Lipinski definition) is 2. The molecular weight excluding hydrogens is 195 g/mol. The zero-order chi connectivity index (χ0) is 12.6. The summed E-state index contributed by atoms with van der Waals surface area (Å²) >= 11 is 0. The maximum Gasteiger partial charge on any atom is 0.292 e. The lowest BCUT2D eigenvalue weighted by Crippen LogP contribution is -2.63. The highest BCUT2D eigenvalue weighted by atomic mass is 15.3. The Hall–Kier alpha value is -0.0151. The fourth-order valence-electron chi connectivity index (χ4n) is 2.56. The smallest absolute Gasteiger partial charge is 0.292 e. The van der Waals surface area contributed by atoms with Crippen LogP contribution in [0.5, 0.6) is 0 Å². The summed E-state index contributed by atoms with van der Waals surface area (Å²) in [5, 5.41) is 0. The molecule has 1 aliphatic rings. The van der Waals surface area contributed by atoms with Crippen molar-refractivity contribution in [3.8, 4) is 0 Å². The van der Waals surface area contributed by atoms with Crippen LogP contribution in [0.15, 0.2) is 0 Å². The second kappa shape index (κ2) is 4.69. The molecule has 1 unspecified atom stereocenters. The second-order valence-electron chi connectivity index (χ2n) is 7.07. The van der Waals surface area contributed by atoms with Crippen LogP contribution in [0.1, 0.15) is 61.3 Å². The first-order valence-corrected chi connectivity index (χ1v) is 6.68. The molecule has 0 aromatic heterocycles. The van der Waals surface area contributed by atoms with Crippen molar-refractivity contribution in [3.63, 3.8) is 0 Å². The Morgan fingerprint density at radius 2 is 1.62 bits per heavy atom. The lowest BCUT2D eigenvalue weighted by Gasteiger charge is -2.51. The summed E-state index contributed by atoms with van der Waals surface area (Å²) in [7, 11) is 1.12. The molecule has 1 aliphatic heterocycles. The average Bonchev–Trinajstić information content (AvgIpc) is 2.14. The largest absolute Gasteiger partial charge is 0.326 e. The van der Waals surface area contributed by atoms with E-state index in [9.17, 15) is 0 Å². The molecule has 0 aromatic carbocycles. The molecular formula is C13H29BN2. The molecule has 16 heavy (non-hydrogen) atoms. The van der Waals surface area contributed by atoms with Crippen molar-refractivity contribution in [1.82, 2.24) is 9.62 Å². The molecule has 0 saturated carbocycles. The molecule has 0 radical (unpaired) electrons. The van der Waals surface area contributed by atoms with Crippen molar-refractivity contribution in [2.24, 2.45) is 0 Å². The van der Waals surface area contributed by atoms with E-state index in [1.165, 1.54) is 19.4 Å². The van der Waals surface area contributed by atoms with Gasteiger partial charge < -0.3 is 9.62 Å². The first kappa shape index (κ1) is 14.0. The van der Waals surface area contributed by atoms with Crippen LogP contribution in [0.2, 0.25) is 0 Å². The molecule has 0 N–H and O–H groups in total. The van der Waals surface area contributed by atoms with Crippen LogP contribution in [0.4, 0.5) is 0 Å². The average molecular weight is 224 g/mol. The predicted octanol–water partition coefficient (Wildman–Crippen LogP) is 2.64. The Balaban J connectivity index is 2.78. The molecule has 1 atom stereocenters. The zero-order valence-electron chi connectivity index (χ0n) is 12.3. The van der Waals surface area contributed by atoms with Crippen LogP contribution < -0.4 is 0 Å². The molecule has 1 rings (SSSR count). The topological polar surface area (TPSA) is 6.48 Å². The Morgan fingerprint density at radius 1 is 1.06 bits per heavy atom. The lowest BCUT2D eigenvalue weighted by molar-refractivity contribution is 0.101. The van der Waals surface area contributed by atoms with E-state index in [1.54, 1.807) is 0 Å². The van der Waals surface area contributed by atoms with E-state index < -0.39 is 0 Å². The normalized spacial score (nSPS) is 25.6. The van der Waals surface area contributed by atoms with Crippen molar-refractivity contribution in [3.05, 3.63) is 0 Å². The van der Waals surface area contributed by atoms with Gasteiger partial charge in [-0.15, -0.1) is 0 Å². The van der Waals surface area contributed by atoms with E-state index in [-0.39, 0.29) is 5.54 Å².